The van der Waals surface area contributed by atoms with Gasteiger partial charge in [-0.2, -0.15) is 0 Å². The molecule has 0 atom stereocenters. The zero-order valence-corrected chi connectivity index (χ0v) is 11.0. The summed E-state index contributed by atoms with van der Waals surface area (Å²) in [6.07, 6.45) is 5.52. The van der Waals surface area contributed by atoms with E-state index in [1.807, 2.05) is 0 Å². The first kappa shape index (κ1) is 15.7. The molecule has 0 bridgehead atoms. The van der Waals surface area contributed by atoms with Crippen LogP contribution in [0.25, 0.3) is 0 Å². The highest BCUT2D eigenvalue weighted by molar-refractivity contribution is 5.77. The first-order chi connectivity index (χ1) is 8.20. The fourth-order valence-electron chi connectivity index (χ4n) is 1.31. The molecule has 0 spiro atoms. The third-order valence-electron chi connectivity index (χ3n) is 2.39. The maximum Gasteiger partial charge on any atom is 0.305 e. The summed E-state index contributed by atoms with van der Waals surface area (Å²) in [5.74, 6) is 0.376. The van der Waals surface area contributed by atoms with E-state index in [4.69, 9.17) is 5.73 Å². The van der Waals surface area contributed by atoms with Crippen LogP contribution in [-0.2, 0) is 9.53 Å². The third kappa shape index (κ3) is 11.0. The molecule has 0 aliphatic carbocycles. The molecule has 0 aliphatic rings. The smallest absolute Gasteiger partial charge is 0.305 e. The van der Waals surface area contributed by atoms with Gasteiger partial charge in [0.15, 0.2) is 5.96 Å². The van der Waals surface area contributed by atoms with Crippen LogP contribution in [-0.4, -0.2) is 32.1 Å². The quantitative estimate of drug-likeness (QED) is 0.278. The van der Waals surface area contributed by atoms with E-state index in [1.54, 1.807) is 0 Å². The van der Waals surface area contributed by atoms with Crippen LogP contribution in [0.3, 0.4) is 0 Å². The molecule has 0 saturated heterocycles. The number of rotatable bonds is 9. The van der Waals surface area contributed by atoms with Crippen molar-refractivity contribution < 1.29 is 9.53 Å². The second-order valence-electron chi connectivity index (χ2n) is 3.93. The highest BCUT2D eigenvalue weighted by atomic mass is 16.5. The number of nitrogens with two attached hydrogens (primary N) is 1. The van der Waals surface area contributed by atoms with Gasteiger partial charge >= 0.3 is 5.97 Å². The molecule has 17 heavy (non-hydrogen) atoms. The summed E-state index contributed by atoms with van der Waals surface area (Å²) in [7, 11) is 1.41. The summed E-state index contributed by atoms with van der Waals surface area (Å²) in [6, 6.07) is 0. The van der Waals surface area contributed by atoms with E-state index in [1.165, 1.54) is 7.11 Å². The van der Waals surface area contributed by atoms with Crippen molar-refractivity contribution in [2.45, 2.75) is 45.4 Å². The number of aliphatic imine (C=N–C) groups is 1. The third-order valence-corrected chi connectivity index (χ3v) is 2.39. The predicted octanol–water partition coefficient (Wildman–Crippen LogP) is 1.42. The topological polar surface area (TPSA) is 76.7 Å². The summed E-state index contributed by atoms with van der Waals surface area (Å²) in [6.45, 7) is 3.73. The average molecular weight is 243 g/mol. The molecular formula is C12H25N3O2. The standard InChI is InChI=1S/C12H25N3O2/c1-3-4-9-14-12(13)15-10-7-5-6-8-11(16)17-2/h3-10H2,1-2H3,(H3,13,14,15). The number of guanidine groups is 1. The maximum absolute atomic E-state index is 10.8. The van der Waals surface area contributed by atoms with E-state index in [0.717, 1.165) is 38.6 Å². The van der Waals surface area contributed by atoms with Gasteiger partial charge in [0.1, 0.15) is 0 Å². The van der Waals surface area contributed by atoms with Crippen molar-refractivity contribution >= 4 is 11.9 Å². The van der Waals surface area contributed by atoms with Crippen molar-refractivity contribution in [3.8, 4) is 0 Å². The molecule has 0 aliphatic heterocycles. The van der Waals surface area contributed by atoms with E-state index >= 15 is 0 Å². The number of hydrogen-bond donors (Lipinski definition) is 2. The van der Waals surface area contributed by atoms with Crippen LogP contribution in [0, 0.1) is 0 Å². The molecule has 0 aromatic carbocycles. The Morgan fingerprint density at radius 3 is 2.71 bits per heavy atom. The van der Waals surface area contributed by atoms with E-state index in [9.17, 15) is 4.79 Å². The lowest BCUT2D eigenvalue weighted by Crippen LogP contribution is -2.32. The second kappa shape index (κ2) is 11.2. The summed E-state index contributed by atoms with van der Waals surface area (Å²) in [5, 5.41) is 3.06. The Kier molecular flexibility index (Phi) is 10.4. The number of unbranched alkanes of at least 4 members (excludes halogenated alkanes) is 3. The molecule has 5 heteroatoms. The minimum atomic E-state index is -0.144. The highest BCUT2D eigenvalue weighted by Crippen LogP contribution is 2.00. The zero-order chi connectivity index (χ0) is 12.9. The molecule has 0 heterocycles. The van der Waals surface area contributed by atoms with E-state index in [0.29, 0.717) is 18.9 Å². The largest absolute Gasteiger partial charge is 0.469 e. The lowest BCUT2D eigenvalue weighted by Gasteiger charge is -2.04. The Bertz CT molecular complexity index is 230. The minimum Gasteiger partial charge on any atom is -0.469 e. The SMILES string of the molecule is CCCCNC(N)=NCCCCCC(=O)OC. The van der Waals surface area contributed by atoms with E-state index in [2.05, 4.69) is 22.0 Å². The first-order valence-electron chi connectivity index (χ1n) is 6.31. The molecule has 0 aromatic heterocycles. The Balaban J connectivity index is 3.36. The summed E-state index contributed by atoms with van der Waals surface area (Å²) >= 11 is 0. The second-order valence-corrected chi connectivity index (χ2v) is 3.93. The number of esters is 1. The van der Waals surface area contributed by atoms with Crippen molar-refractivity contribution in [1.82, 2.24) is 5.32 Å². The number of nitrogens with zero attached hydrogens (tertiary/aromatic N) is 1. The maximum atomic E-state index is 10.8. The number of carbonyl (C=O) groups excluding carboxylic acids is 1. The number of nitrogens with one attached hydrogen (secondary N) is 1. The molecule has 0 rings (SSSR count). The van der Waals surface area contributed by atoms with Gasteiger partial charge in [-0.25, -0.2) is 0 Å². The number of ether oxygens (including phenoxy) is 1. The summed E-state index contributed by atoms with van der Waals surface area (Å²) in [5.41, 5.74) is 5.66. The number of methoxy groups -OCH3 is 1. The van der Waals surface area contributed by atoms with Crippen LogP contribution in [0.5, 0.6) is 0 Å². The molecule has 0 fully saturated rings. The van der Waals surface area contributed by atoms with Gasteiger partial charge < -0.3 is 15.8 Å². The average Bonchev–Trinajstić information content (AvgIpc) is 2.33. The van der Waals surface area contributed by atoms with Crippen LogP contribution in [0.1, 0.15) is 45.4 Å². The van der Waals surface area contributed by atoms with Crippen molar-refractivity contribution in [1.29, 1.82) is 0 Å². The van der Waals surface area contributed by atoms with E-state index in [-0.39, 0.29) is 5.97 Å². The molecule has 0 saturated carbocycles. The zero-order valence-electron chi connectivity index (χ0n) is 11.0. The minimum absolute atomic E-state index is 0.144. The molecule has 3 N–H and O–H groups in total. The Morgan fingerprint density at radius 1 is 1.29 bits per heavy atom. The van der Waals surface area contributed by atoms with Gasteiger partial charge in [-0.3, -0.25) is 9.79 Å². The lowest BCUT2D eigenvalue weighted by atomic mass is 10.2. The number of hydrogen-bond acceptors (Lipinski definition) is 3. The van der Waals surface area contributed by atoms with Gasteiger partial charge in [0.2, 0.25) is 0 Å². The van der Waals surface area contributed by atoms with Crippen LogP contribution >= 0.6 is 0 Å². The Hall–Kier alpha value is -1.26. The van der Waals surface area contributed by atoms with Crippen molar-refractivity contribution in [3.05, 3.63) is 0 Å². The van der Waals surface area contributed by atoms with Gasteiger partial charge in [-0.15, -0.1) is 0 Å². The van der Waals surface area contributed by atoms with Crippen LogP contribution < -0.4 is 11.1 Å². The van der Waals surface area contributed by atoms with Gasteiger partial charge in [-0.05, 0) is 19.3 Å². The highest BCUT2D eigenvalue weighted by Gasteiger charge is 1.98. The van der Waals surface area contributed by atoms with E-state index < -0.39 is 0 Å². The van der Waals surface area contributed by atoms with Crippen LogP contribution in [0.2, 0.25) is 0 Å². The van der Waals surface area contributed by atoms with Gasteiger partial charge in [0.25, 0.3) is 0 Å². The molecule has 100 valence electrons. The van der Waals surface area contributed by atoms with Gasteiger partial charge in [0, 0.05) is 19.5 Å². The normalized spacial score (nSPS) is 11.3. The predicted molar refractivity (Wildman–Crippen MR) is 69.9 cm³/mol. The fourth-order valence-corrected chi connectivity index (χ4v) is 1.31. The molecule has 5 nitrogen and oxygen atoms in total. The van der Waals surface area contributed by atoms with Gasteiger partial charge in [-0.1, -0.05) is 19.8 Å². The molecule has 0 radical (unpaired) electrons. The van der Waals surface area contributed by atoms with Crippen LogP contribution in [0.4, 0.5) is 0 Å². The van der Waals surface area contributed by atoms with Gasteiger partial charge in [0.05, 0.1) is 7.11 Å². The van der Waals surface area contributed by atoms with Crippen LogP contribution in [0.15, 0.2) is 4.99 Å². The van der Waals surface area contributed by atoms with Crippen molar-refractivity contribution in [2.24, 2.45) is 10.7 Å². The Labute approximate surface area is 104 Å². The Morgan fingerprint density at radius 2 is 2.06 bits per heavy atom. The summed E-state index contributed by atoms with van der Waals surface area (Å²) < 4.78 is 4.55. The molecule has 0 amide bonds. The molecule has 0 aromatic rings. The molecule has 0 unspecified atom stereocenters. The summed E-state index contributed by atoms with van der Waals surface area (Å²) in [4.78, 5) is 15.0. The van der Waals surface area contributed by atoms with Crippen molar-refractivity contribution in [3.63, 3.8) is 0 Å². The molecular weight excluding hydrogens is 218 g/mol. The van der Waals surface area contributed by atoms with Crippen molar-refractivity contribution in [2.75, 3.05) is 20.2 Å². The monoisotopic (exact) mass is 243 g/mol. The fraction of sp³-hybridized carbons (Fsp3) is 0.833. The lowest BCUT2D eigenvalue weighted by molar-refractivity contribution is -0.140. The number of carbonyl (C=O) groups is 1. The first-order valence-corrected chi connectivity index (χ1v) is 6.31.